The summed E-state index contributed by atoms with van der Waals surface area (Å²) < 4.78 is 5.60. The highest BCUT2D eigenvalue weighted by Crippen LogP contribution is 2.00. The summed E-state index contributed by atoms with van der Waals surface area (Å²) in [6.07, 6.45) is 0. The van der Waals surface area contributed by atoms with E-state index in [1.54, 1.807) is 6.92 Å². The number of carbonyl (C=O) groups is 1. The van der Waals surface area contributed by atoms with E-state index >= 15 is 0 Å². The lowest BCUT2D eigenvalue weighted by molar-refractivity contribution is 0.0510. The first-order valence-corrected chi connectivity index (χ1v) is 5.39. The van der Waals surface area contributed by atoms with E-state index in [0.717, 1.165) is 4.40 Å². The molecular weight excluding hydrogens is 254 g/mol. The molecule has 0 radical (unpaired) electrons. The molecule has 0 unspecified atom stereocenters. The van der Waals surface area contributed by atoms with Gasteiger partial charge < -0.3 is 15.6 Å². The number of aliphatic hydroxyl groups is 1. The molecule has 0 aliphatic rings. The van der Waals surface area contributed by atoms with Gasteiger partial charge in [0.25, 0.3) is 17.2 Å². The molecule has 2 aromatic rings. The van der Waals surface area contributed by atoms with Crippen molar-refractivity contribution in [1.82, 2.24) is 19.6 Å². The van der Waals surface area contributed by atoms with E-state index in [1.807, 2.05) is 0 Å². The fraction of sp³-hybridized carbons (Fsp3) is 0.300. The Morgan fingerprint density at radius 2 is 2.16 bits per heavy atom. The third-order valence-electron chi connectivity index (χ3n) is 2.36. The minimum atomic E-state index is -0.805. The maximum Gasteiger partial charge on any atom is 0.377 e. The van der Waals surface area contributed by atoms with Gasteiger partial charge in [-0.25, -0.2) is 9.20 Å². The normalized spacial score (nSPS) is 12.5. The molecule has 0 saturated heterocycles. The van der Waals surface area contributed by atoms with E-state index in [9.17, 15) is 14.7 Å². The van der Waals surface area contributed by atoms with Crippen molar-refractivity contribution in [2.45, 2.75) is 13.8 Å². The minimum Gasteiger partial charge on any atom is -0.512 e. The largest absolute Gasteiger partial charge is 0.512 e. The number of nitrogens with zero attached hydrogens (tertiary/aromatic N) is 4. The highest BCUT2D eigenvalue weighted by atomic mass is 16.5. The van der Waals surface area contributed by atoms with Crippen LogP contribution in [0.5, 0.6) is 0 Å². The van der Waals surface area contributed by atoms with Crippen molar-refractivity contribution in [1.29, 1.82) is 0 Å². The van der Waals surface area contributed by atoms with Gasteiger partial charge in [-0.2, -0.15) is 4.98 Å². The van der Waals surface area contributed by atoms with Crippen LogP contribution in [0.4, 0.5) is 5.82 Å². The Bertz CT molecular complexity index is 762. The molecule has 9 nitrogen and oxygen atoms in total. The number of nitrogen functional groups attached to an aromatic ring is 1. The molecule has 9 heteroatoms. The number of aromatic nitrogens is 4. The third kappa shape index (κ3) is 1.94. The predicted octanol–water partition coefficient (Wildman–Crippen LogP) is -1.35. The van der Waals surface area contributed by atoms with Gasteiger partial charge >= 0.3 is 5.97 Å². The van der Waals surface area contributed by atoms with Gasteiger partial charge in [0.1, 0.15) is 16.8 Å². The van der Waals surface area contributed by atoms with Gasteiger partial charge in [-0.15, -0.1) is 10.2 Å². The van der Waals surface area contributed by atoms with Crippen molar-refractivity contribution in [2.24, 2.45) is 0 Å². The summed E-state index contributed by atoms with van der Waals surface area (Å²) in [6, 6.07) is 0. The smallest absolute Gasteiger partial charge is 0.377 e. The van der Waals surface area contributed by atoms with E-state index in [1.165, 1.54) is 6.92 Å². The minimum absolute atomic E-state index is 0.127. The summed E-state index contributed by atoms with van der Waals surface area (Å²) >= 11 is 0. The Balaban J connectivity index is 2.87. The van der Waals surface area contributed by atoms with Gasteiger partial charge in [0.2, 0.25) is 0 Å². The molecule has 2 aromatic heterocycles. The van der Waals surface area contributed by atoms with Gasteiger partial charge in [-0.1, -0.05) is 0 Å². The zero-order chi connectivity index (χ0) is 14.2. The van der Waals surface area contributed by atoms with Crippen LogP contribution in [0.1, 0.15) is 24.5 Å². The van der Waals surface area contributed by atoms with E-state index in [0.29, 0.717) is 0 Å². The zero-order valence-corrected chi connectivity index (χ0v) is 10.2. The second kappa shape index (κ2) is 4.52. The van der Waals surface area contributed by atoms with Crippen LogP contribution in [0, 0.1) is 0 Å². The number of hydrogen-bond acceptors (Lipinski definition) is 8. The molecule has 0 amide bonds. The van der Waals surface area contributed by atoms with Crippen molar-refractivity contribution < 1.29 is 14.6 Å². The zero-order valence-electron chi connectivity index (χ0n) is 10.2. The van der Waals surface area contributed by atoms with Crippen LogP contribution >= 0.6 is 0 Å². The number of aliphatic hydroxyl groups excluding tert-OH is 1. The Labute approximate surface area is 106 Å². The topological polar surface area (TPSA) is 133 Å². The molecule has 2 rings (SSSR count). The molecule has 0 bridgehead atoms. The van der Waals surface area contributed by atoms with E-state index in [4.69, 9.17) is 10.5 Å². The van der Waals surface area contributed by atoms with Gasteiger partial charge in [0.15, 0.2) is 0 Å². The second-order valence-corrected chi connectivity index (χ2v) is 3.64. The van der Waals surface area contributed by atoms with Crippen LogP contribution < -0.4 is 16.5 Å². The summed E-state index contributed by atoms with van der Waals surface area (Å²) in [5.74, 6) is -1.73. The lowest BCUT2D eigenvalue weighted by Gasteiger charge is -2.00. The van der Waals surface area contributed by atoms with Crippen molar-refractivity contribution in [3.8, 4) is 0 Å². The number of rotatable bonds is 2. The van der Waals surface area contributed by atoms with Gasteiger partial charge in [-0.05, 0) is 13.8 Å². The Kier molecular flexibility index (Phi) is 3.03. The number of carbonyl (C=O) groups excluding carboxylic acids is 1. The average molecular weight is 265 g/mol. The maximum atomic E-state index is 12.2. The number of esters is 1. The first-order valence-electron chi connectivity index (χ1n) is 5.39. The summed E-state index contributed by atoms with van der Waals surface area (Å²) in [7, 11) is 0. The molecule has 0 fully saturated rings. The van der Waals surface area contributed by atoms with Crippen LogP contribution in [-0.4, -0.2) is 37.3 Å². The van der Waals surface area contributed by atoms with Gasteiger partial charge in [0.05, 0.1) is 6.61 Å². The highest BCUT2D eigenvalue weighted by Gasteiger charge is 2.20. The fourth-order valence-corrected chi connectivity index (χ4v) is 1.59. The number of ether oxygens (including phenoxy) is 1. The number of anilines is 1. The number of nitrogens with two attached hydrogens (primary N) is 1. The van der Waals surface area contributed by atoms with Crippen LogP contribution in [0.15, 0.2) is 4.79 Å². The summed E-state index contributed by atoms with van der Waals surface area (Å²) in [6.45, 7) is 3.03. The SMILES string of the molecule is CCOC(=O)c1nnc2nc(N)/c(=C(/C)O)c(=O)n12. The predicted molar refractivity (Wildman–Crippen MR) is 64.3 cm³/mol. The monoisotopic (exact) mass is 265 g/mol. The molecule has 0 saturated carbocycles. The molecule has 0 atom stereocenters. The Morgan fingerprint density at radius 1 is 1.47 bits per heavy atom. The molecule has 2 heterocycles. The third-order valence-corrected chi connectivity index (χ3v) is 2.36. The lowest BCUT2D eigenvalue weighted by Crippen LogP contribution is -2.37. The Hall–Kier alpha value is -2.71. The Morgan fingerprint density at radius 3 is 2.74 bits per heavy atom. The summed E-state index contributed by atoms with van der Waals surface area (Å²) in [5, 5.41) is 16.4. The molecule has 3 N–H and O–H groups in total. The van der Waals surface area contributed by atoms with Crippen LogP contribution in [0.2, 0.25) is 0 Å². The molecule has 0 aliphatic heterocycles. The van der Waals surface area contributed by atoms with Crippen molar-refractivity contribution in [2.75, 3.05) is 12.3 Å². The first kappa shape index (κ1) is 12.7. The first-order chi connectivity index (χ1) is 8.97. The fourth-order valence-electron chi connectivity index (χ4n) is 1.59. The molecule has 0 spiro atoms. The molecule has 0 aromatic carbocycles. The van der Waals surface area contributed by atoms with E-state index in [-0.39, 0.29) is 35.0 Å². The highest BCUT2D eigenvalue weighted by molar-refractivity contribution is 5.86. The maximum absolute atomic E-state index is 12.2. The van der Waals surface area contributed by atoms with Gasteiger partial charge in [-0.3, -0.25) is 4.79 Å². The number of hydrogen-bond donors (Lipinski definition) is 2. The van der Waals surface area contributed by atoms with Gasteiger partial charge in [0, 0.05) is 0 Å². The van der Waals surface area contributed by atoms with Crippen molar-refractivity contribution >= 4 is 23.3 Å². The summed E-state index contributed by atoms with van der Waals surface area (Å²) in [4.78, 5) is 27.6. The van der Waals surface area contributed by atoms with Crippen LogP contribution in [0.3, 0.4) is 0 Å². The van der Waals surface area contributed by atoms with E-state index < -0.39 is 11.5 Å². The van der Waals surface area contributed by atoms with Crippen molar-refractivity contribution in [3.05, 3.63) is 21.4 Å². The lowest BCUT2D eigenvalue weighted by atomic mass is 10.3. The van der Waals surface area contributed by atoms with Crippen LogP contribution in [0.25, 0.3) is 11.5 Å². The second-order valence-electron chi connectivity index (χ2n) is 3.64. The quantitative estimate of drug-likeness (QED) is 0.636. The summed E-state index contributed by atoms with van der Waals surface area (Å²) in [5.41, 5.74) is 4.82. The van der Waals surface area contributed by atoms with Crippen LogP contribution in [-0.2, 0) is 4.74 Å². The van der Waals surface area contributed by atoms with E-state index in [2.05, 4.69) is 15.2 Å². The van der Waals surface area contributed by atoms with Crippen molar-refractivity contribution in [3.63, 3.8) is 0 Å². The molecular formula is C10H11N5O4. The average Bonchev–Trinajstić information content (AvgIpc) is 2.72. The molecule has 19 heavy (non-hydrogen) atoms. The number of fused-ring (bicyclic) bond motifs is 1. The standard InChI is InChI=1S/C10H11N5O4/c1-3-19-9(18)7-13-14-10-12-6(11)5(4(2)16)8(17)15(7)10/h16H,3H2,1-2H3,(H2,11,12,14)/b5-4+. The molecule has 100 valence electrons. The molecule has 0 aliphatic carbocycles.